The van der Waals surface area contributed by atoms with Gasteiger partial charge < -0.3 is 40.0 Å². The highest BCUT2D eigenvalue weighted by Gasteiger charge is 2.42. The predicted octanol–water partition coefficient (Wildman–Crippen LogP) is 2.99. The highest BCUT2D eigenvalue weighted by Crippen LogP contribution is 2.28. The van der Waals surface area contributed by atoms with Crippen molar-refractivity contribution < 1.29 is 38.8 Å². The molecule has 1 aliphatic heterocycles. The number of amides is 3. The van der Waals surface area contributed by atoms with Crippen LogP contribution in [-0.2, 0) is 16.0 Å². The highest BCUT2D eigenvalue weighted by atomic mass is 16.5. The van der Waals surface area contributed by atoms with Gasteiger partial charge in [0.1, 0.15) is 24.2 Å². The molecule has 1 fully saturated rings. The molecule has 4 N–H and O–H groups in total. The van der Waals surface area contributed by atoms with Crippen LogP contribution >= 0.6 is 0 Å². The molecule has 0 aliphatic carbocycles. The Morgan fingerprint density at radius 1 is 0.951 bits per heavy atom. The molecular formula is C30H33N3O8. The van der Waals surface area contributed by atoms with Crippen molar-refractivity contribution >= 4 is 29.3 Å². The van der Waals surface area contributed by atoms with E-state index in [1.807, 2.05) is 25.1 Å². The average Bonchev–Trinajstić information content (AvgIpc) is 3.26. The Labute approximate surface area is 237 Å². The number of nitrogens with one attached hydrogen (secondary N) is 2. The Kier molecular flexibility index (Phi) is 9.43. The number of rotatable bonds is 9. The molecule has 0 radical (unpaired) electrons. The topological polar surface area (TPSA) is 147 Å². The minimum absolute atomic E-state index is 0.0319. The number of β-amino-alcohol motifs (C(OH)–C–C–N with tert-alkyl or cyclic N) is 1. The molecule has 0 aromatic heterocycles. The van der Waals surface area contributed by atoms with E-state index in [4.69, 9.17) is 9.47 Å². The van der Waals surface area contributed by atoms with E-state index in [-0.39, 0.29) is 25.5 Å². The molecule has 0 bridgehead atoms. The first-order valence-corrected chi connectivity index (χ1v) is 13.0. The standard InChI is InChI=1S/C30H33N3O8/c1-18-6-4-5-7-22(18)31-30(38)32-23-13-8-19(14-26(23)39-2)15-27(35)33-16-25(34)28(36)24(33)17-41-21-11-9-20(10-12-21)29(37)40-3/h4-14,24-25,28,34,36H,15-17H2,1-3H3,(H2,31,32,38). The number of urea groups is 1. The minimum Gasteiger partial charge on any atom is -0.495 e. The predicted molar refractivity (Wildman–Crippen MR) is 151 cm³/mol. The summed E-state index contributed by atoms with van der Waals surface area (Å²) in [4.78, 5) is 38.8. The van der Waals surface area contributed by atoms with Gasteiger partial charge >= 0.3 is 12.0 Å². The number of aliphatic hydroxyl groups is 2. The number of carbonyl (C=O) groups excluding carboxylic acids is 3. The van der Waals surface area contributed by atoms with E-state index in [0.717, 1.165) is 5.56 Å². The van der Waals surface area contributed by atoms with Crippen LogP contribution in [0, 0.1) is 6.92 Å². The second-order valence-electron chi connectivity index (χ2n) is 9.60. The van der Waals surface area contributed by atoms with Crippen LogP contribution in [0.4, 0.5) is 16.2 Å². The molecule has 3 atom stereocenters. The largest absolute Gasteiger partial charge is 0.495 e. The fraction of sp³-hybridized carbons (Fsp3) is 0.300. The summed E-state index contributed by atoms with van der Waals surface area (Å²) in [5, 5.41) is 26.4. The lowest BCUT2D eigenvalue weighted by Crippen LogP contribution is -2.44. The third-order valence-corrected chi connectivity index (χ3v) is 6.85. The Morgan fingerprint density at radius 3 is 2.34 bits per heavy atom. The van der Waals surface area contributed by atoms with E-state index >= 15 is 0 Å². The number of nitrogens with zero attached hydrogens (tertiary/aromatic N) is 1. The zero-order valence-corrected chi connectivity index (χ0v) is 23.0. The Hall–Kier alpha value is -4.61. The normalized spacial score (nSPS) is 18.0. The van der Waals surface area contributed by atoms with Crippen molar-refractivity contribution in [3.63, 3.8) is 0 Å². The molecule has 216 valence electrons. The molecule has 3 aromatic carbocycles. The number of ether oxygens (including phenoxy) is 3. The van der Waals surface area contributed by atoms with Crippen LogP contribution in [0.15, 0.2) is 66.7 Å². The van der Waals surface area contributed by atoms with Crippen molar-refractivity contribution in [2.45, 2.75) is 31.6 Å². The van der Waals surface area contributed by atoms with Gasteiger partial charge in [-0.3, -0.25) is 4.79 Å². The molecule has 3 unspecified atom stereocenters. The summed E-state index contributed by atoms with van der Waals surface area (Å²) in [6.07, 6.45) is -2.35. The van der Waals surface area contributed by atoms with Crippen LogP contribution in [0.25, 0.3) is 0 Å². The van der Waals surface area contributed by atoms with Gasteiger partial charge in [0.15, 0.2) is 0 Å². The molecule has 4 rings (SSSR count). The van der Waals surface area contributed by atoms with Gasteiger partial charge in [0.05, 0.1) is 44.0 Å². The van der Waals surface area contributed by atoms with Gasteiger partial charge in [-0.2, -0.15) is 0 Å². The SMILES string of the molecule is COC(=O)c1ccc(OCC2C(O)C(O)CN2C(=O)Cc2ccc(NC(=O)Nc3ccccc3C)c(OC)c2)cc1. The summed E-state index contributed by atoms with van der Waals surface area (Å²) in [5.41, 5.74) is 2.99. The summed E-state index contributed by atoms with van der Waals surface area (Å²) in [6.45, 7) is 1.77. The first kappa shape index (κ1) is 29.4. The Bertz CT molecular complexity index is 1390. The molecule has 1 aliphatic rings. The lowest BCUT2D eigenvalue weighted by atomic mass is 10.1. The number of anilines is 2. The molecule has 1 heterocycles. The maximum absolute atomic E-state index is 13.3. The second kappa shape index (κ2) is 13.2. The van der Waals surface area contributed by atoms with Crippen LogP contribution in [0.3, 0.4) is 0 Å². The number of hydrogen-bond donors (Lipinski definition) is 4. The number of carbonyl (C=O) groups is 3. The number of likely N-dealkylation sites (tertiary alicyclic amines) is 1. The smallest absolute Gasteiger partial charge is 0.337 e. The van der Waals surface area contributed by atoms with Crippen molar-refractivity contribution in [1.29, 1.82) is 0 Å². The third kappa shape index (κ3) is 7.13. The van der Waals surface area contributed by atoms with Crippen molar-refractivity contribution in [2.24, 2.45) is 0 Å². The summed E-state index contributed by atoms with van der Waals surface area (Å²) in [7, 11) is 2.75. The summed E-state index contributed by atoms with van der Waals surface area (Å²) in [6, 6.07) is 17.4. The Balaban J connectivity index is 1.39. The van der Waals surface area contributed by atoms with Crippen molar-refractivity contribution in [3.05, 3.63) is 83.4 Å². The van der Waals surface area contributed by atoms with Crippen molar-refractivity contribution in [2.75, 3.05) is 38.0 Å². The van der Waals surface area contributed by atoms with E-state index in [9.17, 15) is 24.6 Å². The molecule has 1 saturated heterocycles. The number of esters is 1. The van der Waals surface area contributed by atoms with E-state index in [1.54, 1.807) is 48.5 Å². The van der Waals surface area contributed by atoms with Gasteiger partial charge in [0.25, 0.3) is 0 Å². The zero-order chi connectivity index (χ0) is 29.5. The van der Waals surface area contributed by atoms with Gasteiger partial charge in [0, 0.05) is 12.2 Å². The average molecular weight is 564 g/mol. The number of aliphatic hydroxyl groups excluding tert-OH is 2. The molecule has 11 heteroatoms. The van der Waals surface area contributed by atoms with Gasteiger partial charge in [-0.15, -0.1) is 0 Å². The second-order valence-corrected chi connectivity index (χ2v) is 9.60. The fourth-order valence-electron chi connectivity index (χ4n) is 4.56. The first-order chi connectivity index (χ1) is 19.7. The molecule has 11 nitrogen and oxygen atoms in total. The van der Waals surface area contributed by atoms with Crippen molar-refractivity contribution in [1.82, 2.24) is 4.90 Å². The van der Waals surface area contributed by atoms with E-state index in [0.29, 0.717) is 34.0 Å². The first-order valence-electron chi connectivity index (χ1n) is 13.0. The quantitative estimate of drug-likeness (QED) is 0.291. The lowest BCUT2D eigenvalue weighted by Gasteiger charge is -2.26. The summed E-state index contributed by atoms with van der Waals surface area (Å²) >= 11 is 0. The van der Waals surface area contributed by atoms with Gasteiger partial charge in [-0.25, -0.2) is 9.59 Å². The van der Waals surface area contributed by atoms with E-state index in [1.165, 1.54) is 19.1 Å². The zero-order valence-electron chi connectivity index (χ0n) is 23.0. The van der Waals surface area contributed by atoms with E-state index < -0.39 is 30.3 Å². The maximum Gasteiger partial charge on any atom is 0.337 e. The fourth-order valence-corrected chi connectivity index (χ4v) is 4.56. The van der Waals surface area contributed by atoms with Crippen LogP contribution in [0.1, 0.15) is 21.5 Å². The molecule has 0 spiro atoms. The van der Waals surface area contributed by atoms with Crippen LogP contribution < -0.4 is 20.1 Å². The summed E-state index contributed by atoms with van der Waals surface area (Å²) in [5.74, 6) is -0.00567. The van der Waals surface area contributed by atoms with Crippen LogP contribution in [0.5, 0.6) is 11.5 Å². The third-order valence-electron chi connectivity index (χ3n) is 6.85. The van der Waals surface area contributed by atoms with Gasteiger partial charge in [-0.1, -0.05) is 24.3 Å². The molecular weight excluding hydrogens is 530 g/mol. The molecule has 3 amide bonds. The minimum atomic E-state index is -1.19. The number of methoxy groups -OCH3 is 2. The molecule has 3 aromatic rings. The maximum atomic E-state index is 13.3. The monoisotopic (exact) mass is 563 g/mol. The number of hydrogen-bond acceptors (Lipinski definition) is 8. The molecule has 41 heavy (non-hydrogen) atoms. The number of para-hydroxylation sites is 1. The number of aryl methyl sites for hydroxylation is 1. The Morgan fingerprint density at radius 2 is 1.66 bits per heavy atom. The van der Waals surface area contributed by atoms with Gasteiger partial charge in [0.2, 0.25) is 5.91 Å². The van der Waals surface area contributed by atoms with Crippen LogP contribution in [0.2, 0.25) is 0 Å². The van der Waals surface area contributed by atoms with Crippen LogP contribution in [-0.4, -0.2) is 78.6 Å². The van der Waals surface area contributed by atoms with E-state index in [2.05, 4.69) is 15.4 Å². The van der Waals surface area contributed by atoms with Crippen molar-refractivity contribution in [3.8, 4) is 11.5 Å². The lowest BCUT2D eigenvalue weighted by molar-refractivity contribution is -0.132. The summed E-state index contributed by atoms with van der Waals surface area (Å²) < 4.78 is 15.9. The molecule has 0 saturated carbocycles. The number of benzene rings is 3. The highest BCUT2D eigenvalue weighted by molar-refractivity contribution is 6.01. The van der Waals surface area contributed by atoms with Gasteiger partial charge in [-0.05, 0) is 60.5 Å².